The molecule has 4 nitrogen and oxygen atoms in total. The minimum absolute atomic E-state index is 0.239. The van der Waals surface area contributed by atoms with Crippen LogP contribution in [0, 0.1) is 6.92 Å². The second kappa shape index (κ2) is 5.45. The average molecular weight is 260 g/mol. The van der Waals surface area contributed by atoms with Gasteiger partial charge in [0.15, 0.2) is 0 Å². The maximum absolute atomic E-state index is 11.4. The maximum atomic E-state index is 11.4. The lowest BCUT2D eigenvalue weighted by atomic mass is 10.1. The van der Waals surface area contributed by atoms with Crippen molar-refractivity contribution >= 4 is 16.9 Å². The van der Waals surface area contributed by atoms with Crippen molar-refractivity contribution in [3.8, 4) is 0 Å². The Morgan fingerprint density at radius 1 is 1.42 bits per heavy atom. The zero-order chi connectivity index (χ0) is 14.0. The molecule has 1 aromatic carbocycles. The van der Waals surface area contributed by atoms with Crippen LogP contribution in [0.2, 0.25) is 0 Å². The lowest BCUT2D eigenvalue weighted by molar-refractivity contribution is -0.142. The maximum Gasteiger partial charge on any atom is 0.322 e. The molecule has 0 aliphatic carbocycles. The monoisotopic (exact) mass is 260 g/mol. The molecule has 0 bridgehead atoms. The first kappa shape index (κ1) is 13.6. The Morgan fingerprint density at radius 2 is 2.11 bits per heavy atom. The van der Waals surface area contributed by atoms with Crippen molar-refractivity contribution in [2.75, 3.05) is 7.11 Å². The van der Waals surface area contributed by atoms with Gasteiger partial charge in [0.25, 0.3) is 0 Å². The van der Waals surface area contributed by atoms with Crippen LogP contribution < -0.4 is 5.32 Å². The van der Waals surface area contributed by atoms with Gasteiger partial charge in [-0.05, 0) is 25.5 Å². The van der Waals surface area contributed by atoms with E-state index in [0.29, 0.717) is 6.54 Å². The number of methoxy groups -OCH3 is 1. The lowest BCUT2D eigenvalue weighted by Crippen LogP contribution is -2.34. The summed E-state index contributed by atoms with van der Waals surface area (Å²) in [7, 11) is 3.46. The number of para-hydroxylation sites is 1. The molecule has 2 rings (SSSR count). The molecule has 0 fully saturated rings. The average Bonchev–Trinajstić information content (AvgIpc) is 2.68. The van der Waals surface area contributed by atoms with Gasteiger partial charge in [-0.25, -0.2) is 0 Å². The van der Waals surface area contributed by atoms with Gasteiger partial charge >= 0.3 is 5.97 Å². The van der Waals surface area contributed by atoms with Crippen LogP contribution in [0.1, 0.15) is 18.2 Å². The van der Waals surface area contributed by atoms with Crippen molar-refractivity contribution in [1.82, 2.24) is 9.88 Å². The standard InChI is InChI=1S/C15H20N2O2/c1-10-12-7-5-6-8-13(12)17(3)14(10)9-16-11(2)15(18)19-4/h5-8,11,16H,9H2,1-4H3/t11-/m0/s1. The third-order valence-corrected chi connectivity index (χ3v) is 3.64. The molecule has 1 atom stereocenters. The number of aryl methyl sites for hydroxylation is 2. The van der Waals surface area contributed by atoms with Crippen LogP contribution in [0.5, 0.6) is 0 Å². The summed E-state index contributed by atoms with van der Waals surface area (Å²) in [6.45, 7) is 4.57. The summed E-state index contributed by atoms with van der Waals surface area (Å²) >= 11 is 0. The quantitative estimate of drug-likeness (QED) is 0.856. The fraction of sp³-hybridized carbons (Fsp3) is 0.400. The van der Waals surface area contributed by atoms with Crippen LogP contribution in [0.25, 0.3) is 10.9 Å². The van der Waals surface area contributed by atoms with Crippen LogP contribution in [-0.4, -0.2) is 23.7 Å². The zero-order valence-corrected chi connectivity index (χ0v) is 11.9. The van der Waals surface area contributed by atoms with E-state index in [4.69, 9.17) is 4.74 Å². The number of rotatable bonds is 4. The van der Waals surface area contributed by atoms with Gasteiger partial charge in [0, 0.05) is 30.2 Å². The predicted molar refractivity (Wildman–Crippen MR) is 76.0 cm³/mol. The second-order valence-electron chi connectivity index (χ2n) is 4.77. The summed E-state index contributed by atoms with van der Waals surface area (Å²) in [4.78, 5) is 11.4. The first-order valence-corrected chi connectivity index (χ1v) is 6.40. The highest BCUT2D eigenvalue weighted by Crippen LogP contribution is 2.24. The van der Waals surface area contributed by atoms with Gasteiger partial charge in [-0.15, -0.1) is 0 Å². The third-order valence-electron chi connectivity index (χ3n) is 3.64. The topological polar surface area (TPSA) is 43.3 Å². The second-order valence-corrected chi connectivity index (χ2v) is 4.77. The van der Waals surface area contributed by atoms with Crippen LogP contribution in [0.4, 0.5) is 0 Å². The number of carbonyl (C=O) groups excluding carboxylic acids is 1. The molecule has 1 N–H and O–H groups in total. The molecule has 0 aliphatic heterocycles. The highest BCUT2D eigenvalue weighted by molar-refractivity contribution is 5.85. The van der Waals surface area contributed by atoms with E-state index in [0.717, 1.165) is 0 Å². The largest absolute Gasteiger partial charge is 0.468 e. The van der Waals surface area contributed by atoms with Gasteiger partial charge in [-0.3, -0.25) is 10.1 Å². The first-order valence-electron chi connectivity index (χ1n) is 6.40. The van der Waals surface area contributed by atoms with Gasteiger partial charge < -0.3 is 9.30 Å². The number of fused-ring (bicyclic) bond motifs is 1. The number of ether oxygens (including phenoxy) is 1. The molecule has 102 valence electrons. The molecule has 1 aromatic heterocycles. The Balaban J connectivity index is 2.24. The van der Waals surface area contributed by atoms with Gasteiger partial charge in [0.05, 0.1) is 7.11 Å². The molecule has 0 radical (unpaired) electrons. The van der Waals surface area contributed by atoms with Crippen LogP contribution in [0.15, 0.2) is 24.3 Å². The number of esters is 1. The van der Waals surface area contributed by atoms with Gasteiger partial charge in [0.2, 0.25) is 0 Å². The van der Waals surface area contributed by atoms with E-state index >= 15 is 0 Å². The van der Waals surface area contributed by atoms with Crippen molar-refractivity contribution in [3.05, 3.63) is 35.5 Å². The van der Waals surface area contributed by atoms with E-state index in [2.05, 4.69) is 36.0 Å². The van der Waals surface area contributed by atoms with Gasteiger partial charge in [0.1, 0.15) is 6.04 Å². The Kier molecular flexibility index (Phi) is 3.90. The van der Waals surface area contributed by atoms with Crippen LogP contribution in [0.3, 0.4) is 0 Å². The summed E-state index contributed by atoms with van der Waals surface area (Å²) < 4.78 is 6.88. The Labute approximate surface area is 113 Å². The molecule has 0 aliphatic rings. The number of benzene rings is 1. The van der Waals surface area contributed by atoms with E-state index in [9.17, 15) is 4.79 Å². The predicted octanol–water partition coefficient (Wildman–Crippen LogP) is 2.14. The highest BCUT2D eigenvalue weighted by Gasteiger charge is 2.15. The molecule has 1 heterocycles. The molecular formula is C15H20N2O2. The number of nitrogens with zero attached hydrogens (tertiary/aromatic N) is 1. The smallest absolute Gasteiger partial charge is 0.322 e. The van der Waals surface area contributed by atoms with E-state index in [1.807, 2.05) is 19.1 Å². The molecule has 0 spiro atoms. The summed E-state index contributed by atoms with van der Waals surface area (Å²) in [6, 6.07) is 8.01. The Bertz CT molecular complexity index is 562. The summed E-state index contributed by atoms with van der Waals surface area (Å²) in [5.41, 5.74) is 3.65. The normalized spacial score (nSPS) is 12.6. The summed E-state index contributed by atoms with van der Waals surface area (Å²) in [5, 5.41) is 4.45. The molecule has 0 unspecified atom stereocenters. The van der Waals surface area contributed by atoms with Crippen molar-refractivity contribution in [1.29, 1.82) is 0 Å². The first-order chi connectivity index (χ1) is 9.06. The number of carbonyl (C=O) groups is 1. The number of nitrogens with one attached hydrogen (secondary N) is 1. The minimum atomic E-state index is -0.303. The van der Waals surface area contributed by atoms with E-state index < -0.39 is 0 Å². The van der Waals surface area contributed by atoms with Crippen LogP contribution in [-0.2, 0) is 23.1 Å². The van der Waals surface area contributed by atoms with Gasteiger partial charge in [-0.1, -0.05) is 18.2 Å². The molecule has 0 amide bonds. The lowest BCUT2D eigenvalue weighted by Gasteiger charge is -2.12. The van der Waals surface area contributed by atoms with Crippen LogP contribution >= 0.6 is 0 Å². The third kappa shape index (κ3) is 2.49. The van der Waals surface area contributed by atoms with Crippen molar-refractivity contribution in [2.24, 2.45) is 7.05 Å². The van der Waals surface area contributed by atoms with Crippen molar-refractivity contribution < 1.29 is 9.53 Å². The molecule has 19 heavy (non-hydrogen) atoms. The minimum Gasteiger partial charge on any atom is -0.468 e. The van der Waals surface area contributed by atoms with Crippen molar-refractivity contribution in [2.45, 2.75) is 26.4 Å². The summed E-state index contributed by atoms with van der Waals surface area (Å²) in [6.07, 6.45) is 0. The molecule has 2 aromatic rings. The zero-order valence-electron chi connectivity index (χ0n) is 11.9. The van der Waals surface area contributed by atoms with E-state index in [1.165, 1.54) is 29.3 Å². The van der Waals surface area contributed by atoms with Crippen molar-refractivity contribution in [3.63, 3.8) is 0 Å². The number of aromatic nitrogens is 1. The fourth-order valence-corrected chi connectivity index (χ4v) is 2.40. The highest BCUT2D eigenvalue weighted by atomic mass is 16.5. The SMILES string of the molecule is COC(=O)[C@H](C)NCc1c(C)c2ccccc2n1C. The van der Waals surface area contributed by atoms with E-state index in [1.54, 1.807) is 0 Å². The number of hydrogen-bond donors (Lipinski definition) is 1. The fourth-order valence-electron chi connectivity index (χ4n) is 2.40. The Hall–Kier alpha value is -1.81. The molecule has 4 heteroatoms. The number of hydrogen-bond acceptors (Lipinski definition) is 3. The van der Waals surface area contributed by atoms with Gasteiger partial charge in [-0.2, -0.15) is 0 Å². The summed E-state index contributed by atoms with van der Waals surface area (Å²) in [5.74, 6) is -0.239. The van der Waals surface area contributed by atoms with E-state index in [-0.39, 0.29) is 12.0 Å². The molecule has 0 saturated carbocycles. The molecule has 0 saturated heterocycles. The molecular weight excluding hydrogens is 240 g/mol. The Morgan fingerprint density at radius 3 is 2.74 bits per heavy atom.